The van der Waals surface area contributed by atoms with Gasteiger partial charge in [-0.15, -0.1) is 0 Å². The van der Waals surface area contributed by atoms with Crippen molar-refractivity contribution >= 4 is 17.3 Å². The summed E-state index contributed by atoms with van der Waals surface area (Å²) in [6.07, 6.45) is 0. The van der Waals surface area contributed by atoms with E-state index in [0.29, 0.717) is 23.2 Å². The molecule has 0 aliphatic carbocycles. The molecule has 5 heteroatoms. The van der Waals surface area contributed by atoms with Gasteiger partial charge in [0.2, 0.25) is 0 Å². The second-order valence-corrected chi connectivity index (χ2v) is 5.65. The number of esters is 1. The number of ether oxygens (including phenoxy) is 1. The average molecular weight is 277 g/mol. The largest absolute Gasteiger partial charge is 0.465 e. The Morgan fingerprint density at radius 3 is 2.65 bits per heavy atom. The van der Waals surface area contributed by atoms with Gasteiger partial charge in [0.1, 0.15) is 0 Å². The fourth-order valence-corrected chi connectivity index (χ4v) is 2.99. The van der Waals surface area contributed by atoms with Gasteiger partial charge in [0, 0.05) is 19.1 Å². The molecule has 0 saturated carbocycles. The summed E-state index contributed by atoms with van der Waals surface area (Å²) in [5, 5.41) is 0. The maximum atomic E-state index is 11.9. The van der Waals surface area contributed by atoms with E-state index in [0.717, 1.165) is 18.8 Å². The summed E-state index contributed by atoms with van der Waals surface area (Å²) < 4.78 is 4.86. The van der Waals surface area contributed by atoms with Gasteiger partial charge in [-0.2, -0.15) is 0 Å². The lowest BCUT2D eigenvalue weighted by Crippen LogP contribution is -2.34. The Kier molecular flexibility index (Phi) is 4.18. The van der Waals surface area contributed by atoms with Gasteiger partial charge in [-0.3, -0.25) is 0 Å². The van der Waals surface area contributed by atoms with E-state index in [2.05, 4.69) is 30.8 Å². The van der Waals surface area contributed by atoms with Gasteiger partial charge < -0.3 is 20.3 Å². The highest BCUT2D eigenvalue weighted by Crippen LogP contribution is 2.33. The molecule has 20 heavy (non-hydrogen) atoms. The number of para-hydroxylation sites is 1. The standard InChI is InChI=1S/C15H23N3O2/c1-10-8-18(9-13(10)17(2)3)14-11(15(19)20-4)6-5-7-12(14)16/h5-7,10,13H,8-9,16H2,1-4H3. The molecule has 2 unspecified atom stereocenters. The van der Waals surface area contributed by atoms with Gasteiger partial charge in [0.25, 0.3) is 0 Å². The van der Waals surface area contributed by atoms with E-state index >= 15 is 0 Å². The van der Waals surface area contributed by atoms with Crippen molar-refractivity contribution < 1.29 is 9.53 Å². The van der Waals surface area contributed by atoms with Gasteiger partial charge >= 0.3 is 5.97 Å². The van der Waals surface area contributed by atoms with Crippen LogP contribution < -0.4 is 10.6 Å². The summed E-state index contributed by atoms with van der Waals surface area (Å²) in [7, 11) is 5.56. The predicted molar refractivity (Wildman–Crippen MR) is 81.0 cm³/mol. The highest BCUT2D eigenvalue weighted by atomic mass is 16.5. The lowest BCUT2D eigenvalue weighted by molar-refractivity contribution is 0.0601. The minimum absolute atomic E-state index is 0.340. The van der Waals surface area contributed by atoms with Gasteiger partial charge in [-0.25, -0.2) is 4.79 Å². The molecular weight excluding hydrogens is 254 g/mol. The Morgan fingerprint density at radius 2 is 2.10 bits per heavy atom. The molecule has 5 nitrogen and oxygen atoms in total. The van der Waals surface area contributed by atoms with Crippen LogP contribution in [0.1, 0.15) is 17.3 Å². The first-order chi connectivity index (χ1) is 9.45. The zero-order chi connectivity index (χ0) is 14.9. The number of likely N-dealkylation sites (N-methyl/N-ethyl adjacent to an activating group) is 1. The summed E-state index contributed by atoms with van der Waals surface area (Å²) in [5.74, 6) is 0.184. The van der Waals surface area contributed by atoms with Gasteiger partial charge in [0.05, 0.1) is 24.0 Å². The molecule has 2 rings (SSSR count). The first-order valence-corrected chi connectivity index (χ1v) is 6.84. The highest BCUT2D eigenvalue weighted by molar-refractivity contribution is 5.99. The Bertz CT molecular complexity index is 502. The third-order valence-corrected chi connectivity index (χ3v) is 4.02. The SMILES string of the molecule is COC(=O)c1cccc(N)c1N1CC(C)C(N(C)C)C1. The minimum atomic E-state index is -0.340. The molecule has 0 aromatic heterocycles. The van der Waals surface area contributed by atoms with E-state index in [1.54, 1.807) is 12.1 Å². The van der Waals surface area contributed by atoms with Gasteiger partial charge in [0.15, 0.2) is 0 Å². The molecule has 1 heterocycles. The Balaban J connectivity index is 2.36. The maximum Gasteiger partial charge on any atom is 0.340 e. The Hall–Kier alpha value is -1.75. The molecule has 0 amide bonds. The number of nitrogens with zero attached hydrogens (tertiary/aromatic N) is 2. The predicted octanol–water partition coefficient (Wildman–Crippen LogP) is 1.44. The number of carbonyl (C=O) groups excluding carboxylic acids is 1. The fourth-order valence-electron chi connectivity index (χ4n) is 2.99. The van der Waals surface area contributed by atoms with Crippen molar-refractivity contribution in [2.24, 2.45) is 5.92 Å². The monoisotopic (exact) mass is 277 g/mol. The number of nitrogens with two attached hydrogens (primary N) is 1. The second kappa shape index (κ2) is 5.71. The van der Waals surface area contributed by atoms with Crippen molar-refractivity contribution in [2.75, 3.05) is 44.9 Å². The zero-order valence-electron chi connectivity index (χ0n) is 12.6. The number of nitrogen functional groups attached to an aromatic ring is 1. The van der Waals surface area contributed by atoms with Crippen LogP contribution >= 0.6 is 0 Å². The summed E-state index contributed by atoms with van der Waals surface area (Å²) >= 11 is 0. The molecular formula is C15H23N3O2. The van der Waals surface area contributed by atoms with E-state index in [9.17, 15) is 4.79 Å². The molecule has 1 saturated heterocycles. The van der Waals surface area contributed by atoms with Crippen molar-refractivity contribution in [1.82, 2.24) is 4.90 Å². The van der Waals surface area contributed by atoms with Crippen LogP contribution in [0, 0.1) is 5.92 Å². The maximum absolute atomic E-state index is 11.9. The topological polar surface area (TPSA) is 58.8 Å². The number of hydrogen-bond acceptors (Lipinski definition) is 5. The normalized spacial score (nSPS) is 22.4. The van der Waals surface area contributed by atoms with Gasteiger partial charge in [-0.05, 0) is 32.1 Å². The number of carbonyl (C=O) groups is 1. The van der Waals surface area contributed by atoms with E-state index in [4.69, 9.17) is 10.5 Å². The van der Waals surface area contributed by atoms with Crippen LogP contribution in [0.2, 0.25) is 0 Å². The number of rotatable bonds is 3. The van der Waals surface area contributed by atoms with E-state index in [-0.39, 0.29) is 5.97 Å². The molecule has 1 aromatic rings. The third-order valence-electron chi connectivity index (χ3n) is 4.02. The molecule has 0 bridgehead atoms. The first kappa shape index (κ1) is 14.7. The number of methoxy groups -OCH3 is 1. The van der Waals surface area contributed by atoms with Crippen molar-refractivity contribution in [2.45, 2.75) is 13.0 Å². The lowest BCUT2D eigenvalue weighted by Gasteiger charge is -2.24. The summed E-state index contributed by atoms with van der Waals surface area (Å²) in [5.41, 5.74) is 8.06. The van der Waals surface area contributed by atoms with E-state index < -0.39 is 0 Å². The molecule has 0 spiro atoms. The van der Waals surface area contributed by atoms with Crippen LogP contribution in [0.25, 0.3) is 0 Å². The third kappa shape index (κ3) is 2.58. The molecule has 2 N–H and O–H groups in total. The Labute approximate surface area is 120 Å². The first-order valence-electron chi connectivity index (χ1n) is 6.84. The number of anilines is 2. The second-order valence-electron chi connectivity index (χ2n) is 5.65. The molecule has 1 aromatic carbocycles. The van der Waals surface area contributed by atoms with Crippen LogP contribution in [-0.4, -0.2) is 51.2 Å². The minimum Gasteiger partial charge on any atom is -0.465 e. The zero-order valence-corrected chi connectivity index (χ0v) is 12.6. The van der Waals surface area contributed by atoms with Crippen molar-refractivity contribution in [1.29, 1.82) is 0 Å². The van der Waals surface area contributed by atoms with E-state index in [1.165, 1.54) is 7.11 Å². The van der Waals surface area contributed by atoms with E-state index in [1.807, 2.05) is 6.07 Å². The number of benzene rings is 1. The molecule has 110 valence electrons. The molecule has 2 atom stereocenters. The van der Waals surface area contributed by atoms with Crippen molar-refractivity contribution in [3.8, 4) is 0 Å². The average Bonchev–Trinajstić information content (AvgIpc) is 2.79. The van der Waals surface area contributed by atoms with Crippen LogP contribution in [0.3, 0.4) is 0 Å². The fraction of sp³-hybridized carbons (Fsp3) is 0.533. The van der Waals surface area contributed by atoms with Gasteiger partial charge in [-0.1, -0.05) is 13.0 Å². The van der Waals surface area contributed by atoms with Crippen LogP contribution in [-0.2, 0) is 4.74 Å². The van der Waals surface area contributed by atoms with Crippen molar-refractivity contribution in [3.63, 3.8) is 0 Å². The van der Waals surface area contributed by atoms with Crippen molar-refractivity contribution in [3.05, 3.63) is 23.8 Å². The van der Waals surface area contributed by atoms with Crippen LogP contribution in [0.15, 0.2) is 18.2 Å². The van der Waals surface area contributed by atoms with Crippen LogP contribution in [0.4, 0.5) is 11.4 Å². The molecule has 0 radical (unpaired) electrons. The number of hydrogen-bond donors (Lipinski definition) is 1. The highest BCUT2D eigenvalue weighted by Gasteiger charge is 2.33. The quantitative estimate of drug-likeness (QED) is 0.669. The Morgan fingerprint density at radius 1 is 1.40 bits per heavy atom. The summed E-state index contributed by atoms with van der Waals surface area (Å²) in [6, 6.07) is 5.84. The summed E-state index contributed by atoms with van der Waals surface area (Å²) in [6.45, 7) is 3.98. The smallest absolute Gasteiger partial charge is 0.340 e. The lowest BCUT2D eigenvalue weighted by atomic mass is 10.1. The molecule has 1 fully saturated rings. The molecule has 1 aliphatic heterocycles. The summed E-state index contributed by atoms with van der Waals surface area (Å²) in [4.78, 5) is 16.3. The molecule has 1 aliphatic rings. The van der Waals surface area contributed by atoms with Crippen LogP contribution in [0.5, 0.6) is 0 Å².